The van der Waals surface area contributed by atoms with Gasteiger partial charge >= 0.3 is 0 Å². The van der Waals surface area contributed by atoms with Crippen molar-refractivity contribution in [3.05, 3.63) is 11.6 Å². The molecule has 1 aliphatic heterocycles. The molecule has 1 fully saturated rings. The molecule has 4 nitrogen and oxygen atoms in total. The van der Waals surface area contributed by atoms with Crippen molar-refractivity contribution in [3.63, 3.8) is 0 Å². The van der Waals surface area contributed by atoms with Crippen molar-refractivity contribution in [2.24, 2.45) is 0 Å². The molecule has 1 aromatic rings. The van der Waals surface area contributed by atoms with E-state index in [9.17, 15) is 4.79 Å². The van der Waals surface area contributed by atoms with Crippen molar-refractivity contribution in [3.8, 4) is 0 Å². The van der Waals surface area contributed by atoms with Crippen LogP contribution in [0.1, 0.15) is 0 Å². The number of halogens is 1. The van der Waals surface area contributed by atoms with Crippen LogP contribution in [0, 0.1) is 0 Å². The number of aromatic nitrogens is 1. The van der Waals surface area contributed by atoms with Crippen molar-refractivity contribution in [1.82, 2.24) is 8.10 Å². The number of anilines is 1. The van der Waals surface area contributed by atoms with E-state index in [0.29, 0.717) is 6.54 Å². The van der Waals surface area contributed by atoms with Crippen molar-refractivity contribution in [2.75, 3.05) is 24.5 Å². The topological polar surface area (TPSA) is 36.4 Å². The molecule has 2 rings (SSSR count). The first-order chi connectivity index (χ1) is 6.27. The second kappa shape index (κ2) is 3.89. The lowest BCUT2D eigenvalue weighted by Crippen LogP contribution is -2.46. The first-order valence-corrected chi connectivity index (χ1v) is 5.72. The van der Waals surface area contributed by atoms with E-state index in [0.717, 1.165) is 18.2 Å². The molecule has 0 bridgehead atoms. The van der Waals surface area contributed by atoms with Crippen LogP contribution in [0.25, 0.3) is 0 Å². The zero-order chi connectivity index (χ0) is 9.26. The van der Waals surface area contributed by atoms with Crippen LogP contribution < -0.4 is 4.90 Å². The van der Waals surface area contributed by atoms with Gasteiger partial charge in [-0.05, 0) is 0 Å². The van der Waals surface area contributed by atoms with Gasteiger partial charge in [-0.1, -0.05) is 0 Å². The fourth-order valence-corrected chi connectivity index (χ4v) is 2.39. The highest BCUT2D eigenvalue weighted by molar-refractivity contribution is 14.1. The predicted molar refractivity (Wildman–Crippen MR) is 60.1 cm³/mol. The minimum atomic E-state index is 0.135. The Labute approximate surface area is 94.0 Å². The molecule has 70 valence electrons. The van der Waals surface area contributed by atoms with Crippen LogP contribution in [0.3, 0.4) is 0 Å². The number of hydrogen-bond acceptors (Lipinski definition) is 4. The van der Waals surface area contributed by atoms with Crippen molar-refractivity contribution < 1.29 is 4.79 Å². The van der Waals surface area contributed by atoms with Crippen LogP contribution in [0.4, 0.5) is 5.13 Å². The molecular formula is C7H8IN3OS. The average molecular weight is 309 g/mol. The number of carbonyl (C=O) groups excluding carboxylic acids is 1. The van der Waals surface area contributed by atoms with E-state index in [4.69, 9.17) is 0 Å². The van der Waals surface area contributed by atoms with Crippen LogP contribution in [-0.2, 0) is 4.79 Å². The molecule has 2 heterocycles. The summed E-state index contributed by atoms with van der Waals surface area (Å²) >= 11 is 3.68. The molecule has 13 heavy (non-hydrogen) atoms. The fraction of sp³-hybridized carbons (Fsp3) is 0.429. The van der Waals surface area contributed by atoms with Crippen LogP contribution in [0.15, 0.2) is 11.6 Å². The van der Waals surface area contributed by atoms with Gasteiger partial charge in [-0.3, -0.25) is 9.69 Å². The number of rotatable bonds is 1. The number of piperazine rings is 1. The summed E-state index contributed by atoms with van der Waals surface area (Å²) in [6.07, 6.45) is 1.73. The molecule has 1 saturated heterocycles. The smallest absolute Gasteiger partial charge is 0.243 e. The van der Waals surface area contributed by atoms with Gasteiger partial charge in [0.1, 0.15) is 0 Å². The monoisotopic (exact) mass is 309 g/mol. The number of thiazole rings is 1. The van der Waals surface area contributed by atoms with Gasteiger partial charge in [0.05, 0.1) is 6.54 Å². The molecule has 1 aromatic heterocycles. The van der Waals surface area contributed by atoms with Gasteiger partial charge in [-0.25, -0.2) is 8.10 Å². The quantitative estimate of drug-likeness (QED) is 0.577. The number of carbonyl (C=O) groups is 1. The van der Waals surface area contributed by atoms with E-state index in [1.54, 1.807) is 11.1 Å². The molecule has 1 amide bonds. The fourth-order valence-electron chi connectivity index (χ4n) is 1.20. The second-order valence-corrected chi connectivity index (χ2v) is 4.94. The lowest BCUT2D eigenvalue weighted by molar-refractivity contribution is -0.119. The minimum absolute atomic E-state index is 0.135. The van der Waals surface area contributed by atoms with Gasteiger partial charge in [0.25, 0.3) is 0 Å². The average Bonchev–Trinajstić information content (AvgIpc) is 2.56. The lowest BCUT2D eigenvalue weighted by atomic mass is 10.4. The number of nitrogens with zero attached hydrogens (tertiary/aromatic N) is 3. The van der Waals surface area contributed by atoms with E-state index < -0.39 is 0 Å². The number of hydrogen-bond donors (Lipinski definition) is 0. The molecule has 0 atom stereocenters. The van der Waals surface area contributed by atoms with Crippen molar-refractivity contribution >= 4 is 45.2 Å². The maximum Gasteiger partial charge on any atom is 0.243 e. The highest BCUT2D eigenvalue weighted by Gasteiger charge is 2.24. The molecule has 1 aliphatic rings. The summed E-state index contributed by atoms with van der Waals surface area (Å²) in [5.41, 5.74) is 0. The maximum absolute atomic E-state index is 11.5. The molecule has 0 spiro atoms. The van der Waals surface area contributed by atoms with Gasteiger partial charge < -0.3 is 0 Å². The Morgan fingerprint density at radius 2 is 2.38 bits per heavy atom. The summed E-state index contributed by atoms with van der Waals surface area (Å²) in [7, 11) is 0. The highest BCUT2D eigenvalue weighted by Crippen LogP contribution is 2.20. The first kappa shape index (κ1) is 9.35. The summed E-state index contributed by atoms with van der Waals surface area (Å²) in [4.78, 5) is 17.4. The van der Waals surface area contributed by atoms with E-state index in [2.05, 4.69) is 27.8 Å². The van der Waals surface area contributed by atoms with E-state index in [-0.39, 0.29) is 5.91 Å². The van der Waals surface area contributed by atoms with Gasteiger partial charge in [-0.15, -0.1) is 11.3 Å². The molecule has 0 unspecified atom stereocenters. The Morgan fingerprint density at radius 1 is 1.54 bits per heavy atom. The third-order valence-electron chi connectivity index (χ3n) is 1.82. The van der Waals surface area contributed by atoms with Crippen molar-refractivity contribution in [2.45, 2.75) is 0 Å². The Hall–Kier alpha value is -0.210. The summed E-state index contributed by atoms with van der Waals surface area (Å²) in [5, 5.41) is 2.70. The van der Waals surface area contributed by atoms with E-state index in [1.807, 2.05) is 8.49 Å². The molecular weight excluding hydrogens is 301 g/mol. The summed E-state index contributed by atoms with van der Waals surface area (Å²) in [6, 6.07) is 0. The zero-order valence-electron chi connectivity index (χ0n) is 6.81. The summed E-state index contributed by atoms with van der Waals surface area (Å²) < 4.78 is 1.99. The Bertz CT molecular complexity index is 303. The Morgan fingerprint density at radius 3 is 3.00 bits per heavy atom. The van der Waals surface area contributed by atoms with Crippen LogP contribution in [0.2, 0.25) is 0 Å². The SMILES string of the molecule is O=C1CN(I)CCN1c1nccs1. The summed E-state index contributed by atoms with van der Waals surface area (Å²) in [6.45, 7) is 2.14. The van der Waals surface area contributed by atoms with Crippen molar-refractivity contribution in [1.29, 1.82) is 0 Å². The molecule has 0 saturated carbocycles. The first-order valence-electron chi connectivity index (χ1n) is 3.88. The van der Waals surface area contributed by atoms with Crippen LogP contribution >= 0.6 is 34.2 Å². The van der Waals surface area contributed by atoms with Gasteiger partial charge in [0.15, 0.2) is 5.13 Å². The maximum atomic E-state index is 11.5. The highest BCUT2D eigenvalue weighted by atomic mass is 127. The molecule has 6 heteroatoms. The molecule has 0 N–H and O–H groups in total. The van der Waals surface area contributed by atoms with Gasteiger partial charge in [0.2, 0.25) is 5.91 Å². The minimum Gasteiger partial charge on any atom is -0.286 e. The predicted octanol–water partition coefficient (Wildman–Crippen LogP) is 1.14. The standard InChI is InChI=1S/C7H8IN3OS/c8-10-2-3-11(6(12)5-10)7-9-1-4-13-7/h1,4H,2-3,5H2. The van der Waals surface area contributed by atoms with Crippen LogP contribution in [0.5, 0.6) is 0 Å². The Kier molecular flexibility index (Phi) is 2.80. The third-order valence-corrected chi connectivity index (χ3v) is 3.44. The van der Waals surface area contributed by atoms with Gasteiger partial charge in [-0.2, -0.15) is 0 Å². The van der Waals surface area contributed by atoms with E-state index >= 15 is 0 Å². The van der Waals surface area contributed by atoms with Crippen LogP contribution in [-0.4, -0.2) is 33.6 Å². The second-order valence-electron chi connectivity index (χ2n) is 2.70. The molecule has 0 aliphatic carbocycles. The Balaban J connectivity index is 2.13. The lowest BCUT2D eigenvalue weighted by Gasteiger charge is -2.28. The normalized spacial score (nSPS) is 19.5. The number of amides is 1. The summed E-state index contributed by atoms with van der Waals surface area (Å²) in [5.74, 6) is 0.135. The molecule has 0 aromatic carbocycles. The zero-order valence-corrected chi connectivity index (χ0v) is 9.79. The van der Waals surface area contributed by atoms with E-state index in [1.165, 1.54) is 11.3 Å². The third kappa shape index (κ3) is 2.00. The largest absolute Gasteiger partial charge is 0.286 e. The molecule has 0 radical (unpaired) electrons. The van der Waals surface area contributed by atoms with Gasteiger partial charge in [0, 0.05) is 47.5 Å².